The number of thiophene rings is 1. The maximum atomic E-state index is 12.5. The summed E-state index contributed by atoms with van der Waals surface area (Å²) in [4.78, 5) is 22.5. The van der Waals surface area contributed by atoms with E-state index in [1.807, 2.05) is 0 Å². The van der Waals surface area contributed by atoms with Crippen molar-refractivity contribution in [1.29, 1.82) is 0 Å². The predicted octanol–water partition coefficient (Wildman–Crippen LogP) is 1.16. The molecule has 0 aromatic carbocycles. The number of aromatic carboxylic acids is 1. The first-order valence-electron chi connectivity index (χ1n) is 6.38. The molecular weight excluding hydrogens is 318 g/mol. The van der Waals surface area contributed by atoms with Crippen LogP contribution < -0.4 is 0 Å². The van der Waals surface area contributed by atoms with Gasteiger partial charge in [0.1, 0.15) is 10.9 Å². The van der Waals surface area contributed by atoms with Crippen molar-refractivity contribution in [3.63, 3.8) is 0 Å². The highest BCUT2D eigenvalue weighted by molar-refractivity contribution is 7.89. The number of esters is 1. The fourth-order valence-corrected chi connectivity index (χ4v) is 4.95. The molecule has 21 heavy (non-hydrogen) atoms. The normalized spacial score (nSPS) is 19.6. The van der Waals surface area contributed by atoms with Gasteiger partial charge in [0.2, 0.25) is 10.0 Å². The number of carboxylic acid groups (broad SMARTS) is 1. The molecule has 116 valence electrons. The minimum atomic E-state index is -3.88. The number of rotatable bonds is 5. The Balaban J connectivity index is 2.29. The van der Waals surface area contributed by atoms with Crippen LogP contribution in [0.25, 0.3) is 0 Å². The van der Waals surface area contributed by atoms with Gasteiger partial charge in [0.15, 0.2) is 0 Å². The molecule has 1 saturated heterocycles. The van der Waals surface area contributed by atoms with E-state index in [2.05, 4.69) is 0 Å². The topological polar surface area (TPSA) is 101 Å². The Morgan fingerprint density at radius 1 is 1.52 bits per heavy atom. The van der Waals surface area contributed by atoms with Gasteiger partial charge in [-0.25, -0.2) is 13.2 Å². The summed E-state index contributed by atoms with van der Waals surface area (Å²) in [6.45, 7) is 2.07. The van der Waals surface area contributed by atoms with E-state index in [-0.39, 0.29) is 22.9 Å². The Bertz CT molecular complexity index is 650. The molecular formula is C12H15NO6S2. The molecule has 2 heterocycles. The fraction of sp³-hybridized carbons (Fsp3) is 0.500. The molecule has 0 bridgehead atoms. The number of ether oxygens (including phenoxy) is 1. The van der Waals surface area contributed by atoms with Crippen LogP contribution in [0, 0.1) is 0 Å². The van der Waals surface area contributed by atoms with Crippen LogP contribution in [0.15, 0.2) is 16.3 Å². The van der Waals surface area contributed by atoms with Gasteiger partial charge >= 0.3 is 11.9 Å². The Kier molecular flexibility index (Phi) is 4.64. The first-order valence-corrected chi connectivity index (χ1v) is 8.70. The van der Waals surface area contributed by atoms with E-state index in [0.717, 1.165) is 21.7 Å². The smallest absolute Gasteiger partial charge is 0.345 e. The molecule has 0 aliphatic carbocycles. The van der Waals surface area contributed by atoms with Crippen LogP contribution in [0.3, 0.4) is 0 Å². The quantitative estimate of drug-likeness (QED) is 0.812. The van der Waals surface area contributed by atoms with E-state index in [1.54, 1.807) is 6.92 Å². The maximum absolute atomic E-state index is 12.5. The lowest BCUT2D eigenvalue weighted by molar-refractivity contribution is -0.146. The van der Waals surface area contributed by atoms with Crippen molar-refractivity contribution in [3.05, 3.63) is 16.3 Å². The second-order valence-electron chi connectivity index (χ2n) is 4.48. The van der Waals surface area contributed by atoms with Crippen molar-refractivity contribution in [2.75, 3.05) is 13.2 Å². The van der Waals surface area contributed by atoms with Crippen LogP contribution in [0.1, 0.15) is 29.4 Å². The number of sulfonamides is 1. The molecule has 1 N–H and O–H groups in total. The van der Waals surface area contributed by atoms with Crippen LogP contribution in [0.2, 0.25) is 0 Å². The van der Waals surface area contributed by atoms with E-state index in [9.17, 15) is 18.0 Å². The van der Waals surface area contributed by atoms with Crippen LogP contribution >= 0.6 is 11.3 Å². The number of hydrogen-bond donors (Lipinski definition) is 1. The third-order valence-electron chi connectivity index (χ3n) is 3.16. The summed E-state index contributed by atoms with van der Waals surface area (Å²) in [6, 6.07) is 0.284. The number of hydrogen-bond acceptors (Lipinski definition) is 6. The number of carboxylic acids is 1. The van der Waals surface area contributed by atoms with Crippen molar-refractivity contribution in [2.45, 2.75) is 30.7 Å². The first kappa shape index (κ1) is 15.9. The van der Waals surface area contributed by atoms with E-state index in [1.165, 1.54) is 5.38 Å². The summed E-state index contributed by atoms with van der Waals surface area (Å²) in [5.74, 6) is -1.74. The molecule has 1 atom stereocenters. The molecule has 0 radical (unpaired) electrons. The predicted molar refractivity (Wildman–Crippen MR) is 74.8 cm³/mol. The van der Waals surface area contributed by atoms with Gasteiger partial charge in [-0.2, -0.15) is 4.31 Å². The largest absolute Gasteiger partial charge is 0.477 e. The number of carbonyl (C=O) groups excluding carboxylic acids is 1. The summed E-state index contributed by atoms with van der Waals surface area (Å²) >= 11 is 0.842. The number of carbonyl (C=O) groups is 2. The summed E-state index contributed by atoms with van der Waals surface area (Å²) in [5.41, 5.74) is 0. The Morgan fingerprint density at radius 2 is 2.24 bits per heavy atom. The third kappa shape index (κ3) is 3.09. The minimum absolute atomic E-state index is 0.0551. The van der Waals surface area contributed by atoms with Gasteiger partial charge in [0.05, 0.1) is 11.5 Å². The second kappa shape index (κ2) is 6.12. The Hall–Kier alpha value is -1.45. The van der Waals surface area contributed by atoms with E-state index in [4.69, 9.17) is 9.84 Å². The summed E-state index contributed by atoms with van der Waals surface area (Å²) in [6.07, 6.45) is 0.979. The molecule has 1 unspecified atom stereocenters. The molecule has 0 amide bonds. The molecule has 2 rings (SSSR count). The third-order valence-corrected chi connectivity index (χ3v) is 6.11. The summed E-state index contributed by atoms with van der Waals surface area (Å²) in [7, 11) is -3.88. The zero-order valence-corrected chi connectivity index (χ0v) is 12.9. The maximum Gasteiger partial charge on any atom is 0.345 e. The van der Waals surface area contributed by atoms with Gasteiger partial charge < -0.3 is 9.84 Å². The molecule has 1 fully saturated rings. The van der Waals surface area contributed by atoms with Gasteiger partial charge in [-0.3, -0.25) is 4.79 Å². The molecule has 1 aliphatic rings. The first-order chi connectivity index (χ1) is 9.87. The van der Waals surface area contributed by atoms with Crippen LogP contribution in [0.5, 0.6) is 0 Å². The van der Waals surface area contributed by atoms with Gasteiger partial charge in [-0.15, -0.1) is 11.3 Å². The molecule has 7 nitrogen and oxygen atoms in total. The molecule has 1 aliphatic heterocycles. The van der Waals surface area contributed by atoms with Crippen LogP contribution in [-0.4, -0.2) is 49.0 Å². The zero-order chi connectivity index (χ0) is 15.6. The van der Waals surface area contributed by atoms with Crippen molar-refractivity contribution in [2.24, 2.45) is 0 Å². The Morgan fingerprint density at radius 3 is 2.81 bits per heavy atom. The van der Waals surface area contributed by atoms with E-state index < -0.39 is 28.0 Å². The number of nitrogens with zero attached hydrogens (tertiary/aromatic N) is 1. The second-order valence-corrected chi connectivity index (χ2v) is 7.28. The van der Waals surface area contributed by atoms with Crippen molar-refractivity contribution >= 4 is 33.3 Å². The highest BCUT2D eigenvalue weighted by atomic mass is 32.2. The SMILES string of the molecule is CCOC(=O)C1CCCN1S(=O)(=O)c1csc(C(=O)O)c1. The van der Waals surface area contributed by atoms with Crippen molar-refractivity contribution < 1.29 is 27.9 Å². The highest BCUT2D eigenvalue weighted by Crippen LogP contribution is 2.29. The monoisotopic (exact) mass is 333 g/mol. The van der Waals surface area contributed by atoms with Gasteiger partial charge in [-0.1, -0.05) is 0 Å². The molecule has 1 aromatic rings. The lowest BCUT2D eigenvalue weighted by Crippen LogP contribution is -2.41. The standard InChI is InChI=1S/C12H15NO6S2/c1-2-19-12(16)9-4-3-5-13(9)21(17,18)8-6-10(11(14)15)20-7-8/h6-7,9H,2-5H2,1H3,(H,14,15). The van der Waals surface area contributed by atoms with Gasteiger partial charge in [0.25, 0.3) is 0 Å². The summed E-state index contributed by atoms with van der Waals surface area (Å²) < 4.78 is 31.0. The average Bonchev–Trinajstić information content (AvgIpc) is 3.09. The van der Waals surface area contributed by atoms with Gasteiger partial charge in [0, 0.05) is 11.9 Å². The molecule has 1 aromatic heterocycles. The van der Waals surface area contributed by atoms with Crippen molar-refractivity contribution in [1.82, 2.24) is 4.31 Å². The average molecular weight is 333 g/mol. The highest BCUT2D eigenvalue weighted by Gasteiger charge is 2.40. The van der Waals surface area contributed by atoms with E-state index in [0.29, 0.717) is 12.8 Å². The zero-order valence-electron chi connectivity index (χ0n) is 11.3. The van der Waals surface area contributed by atoms with Crippen LogP contribution in [0.4, 0.5) is 0 Å². The molecule has 9 heteroatoms. The van der Waals surface area contributed by atoms with E-state index >= 15 is 0 Å². The molecule has 0 spiro atoms. The lowest BCUT2D eigenvalue weighted by Gasteiger charge is -2.21. The van der Waals surface area contributed by atoms with Crippen LogP contribution in [-0.2, 0) is 19.6 Å². The van der Waals surface area contributed by atoms with Crippen molar-refractivity contribution in [3.8, 4) is 0 Å². The van der Waals surface area contributed by atoms with Gasteiger partial charge in [-0.05, 0) is 25.8 Å². The minimum Gasteiger partial charge on any atom is -0.477 e. The Labute approximate surface area is 126 Å². The summed E-state index contributed by atoms with van der Waals surface area (Å²) in [5, 5.41) is 10.1. The lowest BCUT2D eigenvalue weighted by atomic mass is 10.2. The fourth-order valence-electron chi connectivity index (χ4n) is 2.20. The molecule has 0 saturated carbocycles.